The molecule has 0 saturated carbocycles. The predicted octanol–water partition coefficient (Wildman–Crippen LogP) is 5.66. The maximum absolute atomic E-state index is 13.0. The number of nitriles is 2. The number of allylic oxidation sites excluding steroid dienone is 1. The van der Waals surface area contributed by atoms with Crippen LogP contribution in [0.4, 0.5) is 11.4 Å². The normalized spacial score (nSPS) is 12.0. The Hall–Kier alpha value is -5.48. The van der Waals surface area contributed by atoms with E-state index in [0.717, 1.165) is 17.4 Å². The van der Waals surface area contributed by atoms with Gasteiger partial charge in [-0.2, -0.15) is 10.5 Å². The summed E-state index contributed by atoms with van der Waals surface area (Å²) in [6.45, 7) is 11.3. The highest BCUT2D eigenvalue weighted by Gasteiger charge is 2.23. The molecule has 3 heterocycles. The van der Waals surface area contributed by atoms with Gasteiger partial charge in [0.2, 0.25) is 0 Å². The number of nitrogens with zero attached hydrogens (tertiary/aromatic N) is 7. The summed E-state index contributed by atoms with van der Waals surface area (Å²) in [7, 11) is 1.72. The van der Waals surface area contributed by atoms with Crippen LogP contribution in [0, 0.1) is 28.1 Å². The van der Waals surface area contributed by atoms with Gasteiger partial charge in [0.05, 0.1) is 34.6 Å². The Morgan fingerprint density at radius 1 is 1.09 bits per heavy atom. The fourth-order valence-corrected chi connectivity index (χ4v) is 5.01. The Labute approximate surface area is 249 Å². The van der Waals surface area contributed by atoms with Crippen molar-refractivity contribution in [3.05, 3.63) is 100 Å². The van der Waals surface area contributed by atoms with E-state index in [2.05, 4.69) is 65.4 Å². The van der Waals surface area contributed by atoms with Crippen LogP contribution in [0.15, 0.2) is 72.4 Å². The molecule has 0 amide bonds. The van der Waals surface area contributed by atoms with Crippen LogP contribution in [-0.2, 0) is 13.6 Å². The van der Waals surface area contributed by atoms with Crippen molar-refractivity contribution in [1.29, 1.82) is 10.5 Å². The van der Waals surface area contributed by atoms with E-state index in [9.17, 15) is 15.3 Å². The number of hydrogen-bond acceptors (Lipinski definition) is 8. The van der Waals surface area contributed by atoms with Gasteiger partial charge in [0.25, 0.3) is 5.56 Å². The molecule has 10 nitrogen and oxygen atoms in total. The smallest absolute Gasteiger partial charge is 0.258 e. The van der Waals surface area contributed by atoms with Gasteiger partial charge in [-0.15, -0.1) is 11.7 Å². The minimum absolute atomic E-state index is 0.0514. The first-order valence-corrected chi connectivity index (χ1v) is 14.0. The molecule has 2 aromatic carbocycles. The lowest BCUT2D eigenvalue weighted by Gasteiger charge is -2.23. The molecule has 0 aliphatic carbocycles. The Bertz CT molecular complexity index is 1980. The van der Waals surface area contributed by atoms with Gasteiger partial charge in [-0.3, -0.25) is 14.5 Å². The Morgan fingerprint density at radius 2 is 1.88 bits per heavy atom. The zero-order chi connectivity index (χ0) is 30.7. The summed E-state index contributed by atoms with van der Waals surface area (Å²) >= 11 is 0. The molecule has 0 fully saturated rings. The third kappa shape index (κ3) is 5.95. The summed E-state index contributed by atoms with van der Waals surface area (Å²) in [4.78, 5) is 17.5. The summed E-state index contributed by atoms with van der Waals surface area (Å²) < 4.78 is 3.31. The van der Waals surface area contributed by atoms with Crippen LogP contribution in [0.3, 0.4) is 0 Å². The molecule has 5 rings (SSSR count). The number of pyridine rings is 2. The molecular formula is C33H33N9O. The van der Waals surface area contributed by atoms with Gasteiger partial charge in [0.15, 0.2) is 0 Å². The number of rotatable bonds is 9. The number of nitrogens with one attached hydrogen (secondary N) is 2. The molecule has 216 valence electrons. The van der Waals surface area contributed by atoms with E-state index in [1.165, 1.54) is 6.20 Å². The highest BCUT2D eigenvalue weighted by Crippen LogP contribution is 2.35. The van der Waals surface area contributed by atoms with Crippen LogP contribution in [0.5, 0.6) is 0 Å². The standard InChI is InChI=1S/C33H33N9O/c1-6-7-12-42-19-28(39-40-42)31(25-9-8-10-26-24(25)11-13-41(5)32(26)43)38-23-14-21(16-34)29-27(15-23)30(22(17-35)18-36-29)37-20-33(2,3)4/h6,8-11,13-15,18-19,31,38H,1,7,12,20H2,2-5H3,(H,36,37)/t31-/m0/s1. The SMILES string of the molecule is C=CCCn1cc([C@@H](Nc2cc(C#N)c3ncc(C#N)c(NCC(C)(C)C)c3c2)c2cccc3c(=O)n(C)ccc23)nn1. The molecule has 0 radical (unpaired) electrons. The Morgan fingerprint density at radius 3 is 2.60 bits per heavy atom. The summed E-state index contributed by atoms with van der Waals surface area (Å²) in [5.74, 6) is 0. The molecule has 1 atom stereocenters. The van der Waals surface area contributed by atoms with Crippen LogP contribution in [0.1, 0.15) is 55.6 Å². The molecule has 43 heavy (non-hydrogen) atoms. The third-order valence-corrected chi connectivity index (χ3v) is 7.20. The van der Waals surface area contributed by atoms with Gasteiger partial charge in [-0.05, 0) is 47.1 Å². The highest BCUT2D eigenvalue weighted by atomic mass is 16.1. The molecule has 5 aromatic rings. The molecule has 10 heteroatoms. The van der Waals surface area contributed by atoms with Crippen LogP contribution < -0.4 is 16.2 Å². The van der Waals surface area contributed by atoms with E-state index in [0.29, 0.717) is 57.6 Å². The molecule has 0 bridgehead atoms. The van der Waals surface area contributed by atoms with Gasteiger partial charge >= 0.3 is 0 Å². The minimum Gasteiger partial charge on any atom is -0.383 e. The number of aryl methyl sites for hydroxylation is 2. The van der Waals surface area contributed by atoms with Crippen molar-refractivity contribution in [2.45, 2.75) is 39.8 Å². The Balaban J connectivity index is 1.69. The van der Waals surface area contributed by atoms with Crippen molar-refractivity contribution >= 4 is 33.1 Å². The monoisotopic (exact) mass is 571 g/mol. The van der Waals surface area contributed by atoms with Crippen LogP contribution in [0.2, 0.25) is 0 Å². The average molecular weight is 572 g/mol. The van der Waals surface area contributed by atoms with E-state index in [-0.39, 0.29) is 11.0 Å². The van der Waals surface area contributed by atoms with Crippen molar-refractivity contribution in [2.75, 3.05) is 17.2 Å². The second-order valence-electron chi connectivity index (χ2n) is 11.7. The topological polar surface area (TPSA) is 137 Å². The van der Waals surface area contributed by atoms with Crippen molar-refractivity contribution in [1.82, 2.24) is 24.5 Å². The van der Waals surface area contributed by atoms with Crippen LogP contribution in [0.25, 0.3) is 21.7 Å². The first-order chi connectivity index (χ1) is 20.6. The fraction of sp³-hybridized carbons (Fsp3) is 0.273. The number of benzene rings is 2. The first-order valence-electron chi connectivity index (χ1n) is 14.0. The second-order valence-corrected chi connectivity index (χ2v) is 11.7. The summed E-state index contributed by atoms with van der Waals surface area (Å²) in [6.07, 6.45) is 7.68. The Kier molecular flexibility index (Phi) is 7.96. The van der Waals surface area contributed by atoms with Gasteiger partial charge < -0.3 is 15.2 Å². The van der Waals surface area contributed by atoms with E-state index in [4.69, 9.17) is 0 Å². The van der Waals surface area contributed by atoms with Gasteiger partial charge in [-0.1, -0.05) is 44.2 Å². The quantitative estimate of drug-likeness (QED) is 0.216. The van der Waals surface area contributed by atoms with Gasteiger partial charge in [0.1, 0.15) is 17.8 Å². The number of anilines is 2. The summed E-state index contributed by atoms with van der Waals surface area (Å²) in [6, 6.07) is 15.2. The maximum atomic E-state index is 13.0. The molecule has 3 aromatic heterocycles. The molecule has 0 saturated heterocycles. The molecule has 0 unspecified atom stereocenters. The van der Waals surface area contributed by atoms with E-state index in [1.807, 2.05) is 42.6 Å². The van der Waals surface area contributed by atoms with Crippen molar-refractivity contribution in [3.63, 3.8) is 0 Å². The lowest BCUT2D eigenvalue weighted by molar-refractivity contribution is 0.443. The third-order valence-electron chi connectivity index (χ3n) is 7.20. The highest BCUT2D eigenvalue weighted by molar-refractivity contribution is 5.99. The van der Waals surface area contributed by atoms with E-state index < -0.39 is 6.04 Å². The minimum atomic E-state index is -0.518. The van der Waals surface area contributed by atoms with E-state index in [1.54, 1.807) is 28.6 Å². The molecule has 0 aliphatic heterocycles. The van der Waals surface area contributed by atoms with Crippen LogP contribution >= 0.6 is 0 Å². The van der Waals surface area contributed by atoms with Crippen molar-refractivity contribution in [2.24, 2.45) is 12.5 Å². The predicted molar refractivity (Wildman–Crippen MR) is 169 cm³/mol. The number of hydrogen-bond donors (Lipinski definition) is 2. The van der Waals surface area contributed by atoms with Crippen molar-refractivity contribution < 1.29 is 0 Å². The lowest BCUT2D eigenvalue weighted by Crippen LogP contribution is -2.20. The van der Waals surface area contributed by atoms with E-state index >= 15 is 0 Å². The number of fused-ring (bicyclic) bond motifs is 2. The first kappa shape index (κ1) is 29.0. The molecule has 0 spiro atoms. The van der Waals surface area contributed by atoms with Gasteiger partial charge in [0, 0.05) is 49.0 Å². The van der Waals surface area contributed by atoms with Crippen LogP contribution in [-0.4, -0.2) is 31.1 Å². The summed E-state index contributed by atoms with van der Waals surface area (Å²) in [5.41, 5.74) is 3.84. The average Bonchev–Trinajstić information content (AvgIpc) is 3.47. The van der Waals surface area contributed by atoms with Gasteiger partial charge in [-0.25, -0.2) is 0 Å². The lowest BCUT2D eigenvalue weighted by atomic mass is 9.96. The summed E-state index contributed by atoms with van der Waals surface area (Å²) in [5, 5.41) is 37.9. The zero-order valence-electron chi connectivity index (χ0n) is 24.7. The second kappa shape index (κ2) is 11.8. The molecule has 0 aliphatic rings. The molecule has 2 N–H and O–H groups in total. The fourth-order valence-electron chi connectivity index (χ4n) is 5.01. The largest absolute Gasteiger partial charge is 0.383 e. The van der Waals surface area contributed by atoms with Crippen molar-refractivity contribution in [3.8, 4) is 12.1 Å². The maximum Gasteiger partial charge on any atom is 0.258 e. The zero-order valence-corrected chi connectivity index (χ0v) is 24.7. The number of aromatic nitrogens is 5. The molecular weight excluding hydrogens is 538 g/mol.